The van der Waals surface area contributed by atoms with Gasteiger partial charge in [0.2, 0.25) is 0 Å². The predicted octanol–water partition coefficient (Wildman–Crippen LogP) is 5.81. The standard InChI is InChI=1S/C33H29FN2O4/c34-26-15-13-23(14-16-26)21-35(20-18-31(37)38)32(39)29-11-5-3-9-27(29)28-10-4-6-12-30(28)33(40)36-19-17-24-7-1-2-8-25(24)22-36/h1-16H,17-22H2,(H,37,38). The van der Waals surface area contributed by atoms with Crippen LogP contribution in [0.2, 0.25) is 0 Å². The van der Waals surface area contributed by atoms with Crippen LogP contribution in [0.15, 0.2) is 97.1 Å². The van der Waals surface area contributed by atoms with E-state index in [4.69, 9.17) is 0 Å². The summed E-state index contributed by atoms with van der Waals surface area (Å²) in [6.45, 7) is 1.22. The molecule has 0 spiro atoms. The fraction of sp³-hybridized carbons (Fsp3) is 0.182. The van der Waals surface area contributed by atoms with Gasteiger partial charge in [0.25, 0.3) is 11.8 Å². The number of hydrogen-bond donors (Lipinski definition) is 1. The Morgan fingerprint density at radius 1 is 0.775 bits per heavy atom. The van der Waals surface area contributed by atoms with Crippen LogP contribution in [0.25, 0.3) is 11.1 Å². The van der Waals surface area contributed by atoms with E-state index < -0.39 is 11.8 Å². The zero-order chi connectivity index (χ0) is 28.1. The van der Waals surface area contributed by atoms with Crippen LogP contribution in [0.3, 0.4) is 0 Å². The van der Waals surface area contributed by atoms with Crippen LogP contribution in [-0.4, -0.2) is 45.8 Å². The molecule has 7 heteroatoms. The third kappa shape index (κ3) is 5.94. The Hall–Kier alpha value is -4.78. The molecule has 0 saturated heterocycles. The first-order valence-corrected chi connectivity index (χ1v) is 13.2. The van der Waals surface area contributed by atoms with Gasteiger partial charge in [-0.2, -0.15) is 0 Å². The molecule has 0 atom stereocenters. The Kier molecular flexibility index (Phi) is 8.01. The first kappa shape index (κ1) is 26.8. The molecule has 0 unspecified atom stereocenters. The van der Waals surface area contributed by atoms with Gasteiger partial charge in [-0.1, -0.05) is 72.8 Å². The van der Waals surface area contributed by atoms with Crippen molar-refractivity contribution in [3.8, 4) is 11.1 Å². The van der Waals surface area contributed by atoms with Crippen LogP contribution >= 0.6 is 0 Å². The van der Waals surface area contributed by atoms with Crippen molar-refractivity contribution in [2.24, 2.45) is 0 Å². The number of aliphatic carboxylic acids is 1. The molecule has 4 aromatic rings. The maximum absolute atomic E-state index is 13.9. The summed E-state index contributed by atoms with van der Waals surface area (Å²) in [5, 5.41) is 9.30. The van der Waals surface area contributed by atoms with Crippen LogP contribution in [0.1, 0.15) is 43.8 Å². The first-order valence-electron chi connectivity index (χ1n) is 13.2. The summed E-state index contributed by atoms with van der Waals surface area (Å²) in [6.07, 6.45) is 0.543. The van der Waals surface area contributed by atoms with Crippen molar-refractivity contribution in [3.63, 3.8) is 0 Å². The summed E-state index contributed by atoms with van der Waals surface area (Å²) in [5.41, 5.74) is 5.14. The van der Waals surface area contributed by atoms with Crippen molar-refractivity contribution >= 4 is 17.8 Å². The molecular formula is C33H29FN2O4. The molecule has 0 radical (unpaired) electrons. The van der Waals surface area contributed by atoms with E-state index in [-0.39, 0.29) is 31.3 Å². The number of rotatable bonds is 8. The van der Waals surface area contributed by atoms with E-state index in [0.29, 0.717) is 40.9 Å². The minimum absolute atomic E-state index is 0.0202. The average Bonchev–Trinajstić information content (AvgIpc) is 2.99. The Labute approximate surface area is 232 Å². The van der Waals surface area contributed by atoms with Crippen molar-refractivity contribution in [3.05, 3.63) is 131 Å². The molecule has 0 saturated carbocycles. The maximum atomic E-state index is 13.9. The fourth-order valence-corrected chi connectivity index (χ4v) is 5.11. The highest BCUT2D eigenvalue weighted by Gasteiger charge is 2.26. The van der Waals surface area contributed by atoms with Gasteiger partial charge in [-0.05, 0) is 58.5 Å². The highest BCUT2D eigenvalue weighted by molar-refractivity contribution is 6.06. The van der Waals surface area contributed by atoms with Crippen LogP contribution in [-0.2, 0) is 24.3 Å². The second-order valence-electron chi connectivity index (χ2n) is 9.83. The van der Waals surface area contributed by atoms with E-state index in [1.54, 1.807) is 36.4 Å². The predicted molar refractivity (Wildman–Crippen MR) is 150 cm³/mol. The van der Waals surface area contributed by atoms with E-state index in [9.17, 15) is 23.9 Å². The molecule has 2 amide bonds. The molecular weight excluding hydrogens is 507 g/mol. The van der Waals surface area contributed by atoms with Gasteiger partial charge >= 0.3 is 5.97 Å². The number of carboxylic acids is 1. The molecule has 1 heterocycles. The van der Waals surface area contributed by atoms with Gasteiger partial charge in [0.1, 0.15) is 5.82 Å². The number of amides is 2. The van der Waals surface area contributed by atoms with Crippen molar-refractivity contribution < 1.29 is 23.9 Å². The summed E-state index contributed by atoms with van der Waals surface area (Å²) in [7, 11) is 0. The normalized spacial score (nSPS) is 12.5. The largest absolute Gasteiger partial charge is 0.481 e. The Morgan fingerprint density at radius 2 is 1.38 bits per heavy atom. The number of hydrogen-bond acceptors (Lipinski definition) is 3. The van der Waals surface area contributed by atoms with Crippen molar-refractivity contribution in [1.29, 1.82) is 0 Å². The van der Waals surface area contributed by atoms with Gasteiger partial charge in [0.05, 0.1) is 6.42 Å². The smallest absolute Gasteiger partial charge is 0.305 e. The van der Waals surface area contributed by atoms with Crippen LogP contribution in [0.4, 0.5) is 4.39 Å². The van der Waals surface area contributed by atoms with Gasteiger partial charge in [-0.3, -0.25) is 14.4 Å². The number of carboxylic acid groups (broad SMARTS) is 1. The minimum atomic E-state index is -1.02. The lowest BCUT2D eigenvalue weighted by atomic mass is 9.93. The van der Waals surface area contributed by atoms with E-state index in [2.05, 4.69) is 6.07 Å². The van der Waals surface area contributed by atoms with E-state index in [0.717, 1.165) is 12.0 Å². The summed E-state index contributed by atoms with van der Waals surface area (Å²) in [6, 6.07) is 28.2. The Morgan fingerprint density at radius 3 is 2.08 bits per heavy atom. The molecule has 0 fully saturated rings. The van der Waals surface area contributed by atoms with Gasteiger partial charge in [0, 0.05) is 37.3 Å². The number of nitrogens with zero attached hydrogens (tertiary/aromatic N) is 2. The number of fused-ring (bicyclic) bond motifs is 1. The van der Waals surface area contributed by atoms with Crippen LogP contribution in [0, 0.1) is 5.82 Å². The highest BCUT2D eigenvalue weighted by atomic mass is 19.1. The monoisotopic (exact) mass is 536 g/mol. The van der Waals surface area contributed by atoms with E-state index >= 15 is 0 Å². The third-order valence-electron chi connectivity index (χ3n) is 7.19. The number of benzene rings is 4. The quantitative estimate of drug-likeness (QED) is 0.308. The van der Waals surface area contributed by atoms with Crippen molar-refractivity contribution in [2.45, 2.75) is 25.9 Å². The minimum Gasteiger partial charge on any atom is -0.481 e. The highest BCUT2D eigenvalue weighted by Crippen LogP contribution is 2.31. The fourth-order valence-electron chi connectivity index (χ4n) is 5.11. The molecule has 0 aromatic heterocycles. The van der Waals surface area contributed by atoms with Crippen LogP contribution in [0.5, 0.6) is 0 Å². The molecule has 4 aromatic carbocycles. The zero-order valence-electron chi connectivity index (χ0n) is 21.9. The number of carbonyl (C=O) groups excluding carboxylic acids is 2. The second-order valence-corrected chi connectivity index (χ2v) is 9.83. The summed E-state index contributed by atoms with van der Waals surface area (Å²) in [5.74, 6) is -1.89. The molecule has 5 rings (SSSR count). The Balaban J connectivity index is 1.47. The van der Waals surface area contributed by atoms with E-state index in [1.165, 1.54) is 22.6 Å². The molecule has 0 aliphatic carbocycles. The lowest BCUT2D eigenvalue weighted by Crippen LogP contribution is -2.36. The zero-order valence-corrected chi connectivity index (χ0v) is 21.9. The molecule has 1 aliphatic rings. The maximum Gasteiger partial charge on any atom is 0.305 e. The summed E-state index contributed by atoms with van der Waals surface area (Å²) >= 11 is 0. The molecule has 40 heavy (non-hydrogen) atoms. The SMILES string of the molecule is O=C(O)CCN(Cc1ccc(F)cc1)C(=O)c1ccccc1-c1ccccc1C(=O)N1CCc2ccccc2C1. The van der Waals surface area contributed by atoms with Crippen LogP contribution < -0.4 is 0 Å². The summed E-state index contributed by atoms with van der Waals surface area (Å²) in [4.78, 5) is 42.4. The molecule has 0 bridgehead atoms. The topological polar surface area (TPSA) is 77.9 Å². The van der Waals surface area contributed by atoms with Gasteiger partial charge in [-0.15, -0.1) is 0 Å². The molecule has 1 aliphatic heterocycles. The molecule has 6 nitrogen and oxygen atoms in total. The van der Waals surface area contributed by atoms with Crippen molar-refractivity contribution in [2.75, 3.05) is 13.1 Å². The second kappa shape index (κ2) is 11.9. The lowest BCUT2D eigenvalue weighted by Gasteiger charge is -2.30. The van der Waals surface area contributed by atoms with E-state index in [1.807, 2.05) is 47.4 Å². The average molecular weight is 537 g/mol. The Bertz CT molecular complexity index is 1550. The van der Waals surface area contributed by atoms with Gasteiger partial charge in [-0.25, -0.2) is 4.39 Å². The number of carbonyl (C=O) groups is 3. The van der Waals surface area contributed by atoms with Gasteiger partial charge in [0.15, 0.2) is 0 Å². The van der Waals surface area contributed by atoms with Crippen molar-refractivity contribution in [1.82, 2.24) is 9.80 Å². The summed E-state index contributed by atoms with van der Waals surface area (Å²) < 4.78 is 13.5. The number of halogens is 1. The third-order valence-corrected chi connectivity index (χ3v) is 7.19. The molecule has 1 N–H and O–H groups in total. The molecule has 202 valence electrons. The first-order chi connectivity index (χ1) is 19.4. The van der Waals surface area contributed by atoms with Gasteiger partial charge < -0.3 is 14.9 Å². The lowest BCUT2D eigenvalue weighted by molar-refractivity contribution is -0.137.